The molecule has 4 N–H and O–H groups in total. The zero-order valence-electron chi connectivity index (χ0n) is 10.7. The molecule has 5 nitrogen and oxygen atoms in total. The van der Waals surface area contributed by atoms with Crippen LogP contribution < -0.4 is 10.6 Å². The van der Waals surface area contributed by atoms with Gasteiger partial charge in [0, 0.05) is 18.8 Å². The maximum atomic E-state index is 9.10. The van der Waals surface area contributed by atoms with E-state index in [0.717, 1.165) is 37.3 Å². The average Bonchev–Trinajstić information content (AvgIpc) is 2.81. The van der Waals surface area contributed by atoms with Crippen molar-refractivity contribution in [3.8, 4) is 0 Å². The fourth-order valence-corrected chi connectivity index (χ4v) is 2.43. The molecule has 0 fully saturated rings. The molecular weight excluding hydrogens is 228 g/mol. The number of nitrogens with zero attached hydrogens (tertiary/aromatic N) is 2. The number of amidine groups is 1. The Bertz CT molecular complexity index is 459. The van der Waals surface area contributed by atoms with Crippen molar-refractivity contribution >= 4 is 11.7 Å². The first-order valence-corrected chi connectivity index (χ1v) is 6.40. The van der Waals surface area contributed by atoms with Crippen molar-refractivity contribution < 1.29 is 5.11 Å². The molecule has 0 saturated heterocycles. The molecule has 1 aromatic heterocycles. The number of hydrogen-bond donors (Lipinski definition) is 3. The Hall–Kier alpha value is -1.62. The molecule has 1 aliphatic rings. The zero-order valence-corrected chi connectivity index (χ0v) is 10.7. The van der Waals surface area contributed by atoms with E-state index < -0.39 is 0 Å². The molecule has 2 rings (SSSR count). The van der Waals surface area contributed by atoms with Gasteiger partial charge in [0.05, 0.1) is 12.2 Å². The largest absolute Gasteiger partial charge is 0.395 e. The predicted molar refractivity (Wildman–Crippen MR) is 72.3 cm³/mol. The van der Waals surface area contributed by atoms with Crippen molar-refractivity contribution in [3.05, 3.63) is 22.9 Å². The number of pyridine rings is 1. The van der Waals surface area contributed by atoms with Gasteiger partial charge < -0.3 is 15.7 Å². The van der Waals surface area contributed by atoms with Crippen molar-refractivity contribution in [3.63, 3.8) is 0 Å². The van der Waals surface area contributed by atoms with Gasteiger partial charge in [-0.05, 0) is 37.8 Å². The molecular formula is C13H20N4O. The van der Waals surface area contributed by atoms with E-state index in [1.807, 2.05) is 17.9 Å². The summed E-state index contributed by atoms with van der Waals surface area (Å²) in [5.74, 6) is 0.781. The van der Waals surface area contributed by atoms with Gasteiger partial charge in [-0.3, -0.25) is 5.41 Å². The zero-order chi connectivity index (χ0) is 13.1. The first kappa shape index (κ1) is 12.8. The van der Waals surface area contributed by atoms with Crippen LogP contribution in [0, 0.1) is 5.41 Å². The molecule has 1 aromatic rings. The molecule has 0 bridgehead atoms. The Morgan fingerprint density at radius 3 is 2.94 bits per heavy atom. The lowest BCUT2D eigenvalue weighted by Crippen LogP contribution is -2.30. The van der Waals surface area contributed by atoms with E-state index in [9.17, 15) is 0 Å². The van der Waals surface area contributed by atoms with Crippen LogP contribution in [-0.2, 0) is 12.8 Å². The molecule has 0 aromatic carbocycles. The first-order chi connectivity index (χ1) is 8.67. The topological polar surface area (TPSA) is 86.2 Å². The normalized spacial score (nSPS) is 13.4. The van der Waals surface area contributed by atoms with Gasteiger partial charge in [0.1, 0.15) is 11.7 Å². The van der Waals surface area contributed by atoms with E-state index in [4.69, 9.17) is 16.2 Å². The Morgan fingerprint density at radius 1 is 1.56 bits per heavy atom. The highest BCUT2D eigenvalue weighted by Crippen LogP contribution is 2.27. The maximum absolute atomic E-state index is 9.10. The highest BCUT2D eigenvalue weighted by Gasteiger charge is 2.20. The molecule has 1 aliphatic carbocycles. The summed E-state index contributed by atoms with van der Waals surface area (Å²) in [4.78, 5) is 6.63. The van der Waals surface area contributed by atoms with Gasteiger partial charge in [0.25, 0.3) is 0 Å². The average molecular weight is 248 g/mol. The number of aryl methyl sites for hydroxylation is 2. The summed E-state index contributed by atoms with van der Waals surface area (Å²) in [7, 11) is 0. The second-order valence-corrected chi connectivity index (χ2v) is 4.54. The number of nitrogens with two attached hydrogens (primary N) is 1. The quantitative estimate of drug-likeness (QED) is 0.528. The fourth-order valence-electron chi connectivity index (χ4n) is 2.43. The number of aliphatic hydroxyl groups excluding tert-OH is 1. The number of anilines is 1. The molecule has 0 aliphatic heterocycles. The summed E-state index contributed by atoms with van der Waals surface area (Å²) in [6, 6.07) is 1.99. The van der Waals surface area contributed by atoms with Crippen LogP contribution in [0.1, 0.15) is 30.2 Å². The molecule has 0 unspecified atom stereocenters. The third-order valence-corrected chi connectivity index (χ3v) is 3.37. The first-order valence-electron chi connectivity index (χ1n) is 6.40. The number of likely N-dealkylation sites (N-methyl/N-ethyl adjacent to an activating group) is 1. The lowest BCUT2D eigenvalue weighted by molar-refractivity contribution is 0.302. The van der Waals surface area contributed by atoms with Gasteiger partial charge in [0.15, 0.2) is 0 Å². The van der Waals surface area contributed by atoms with Gasteiger partial charge in [-0.25, -0.2) is 4.98 Å². The van der Waals surface area contributed by atoms with Crippen molar-refractivity contribution in [2.75, 3.05) is 24.6 Å². The number of hydrogen-bond acceptors (Lipinski definition) is 4. The number of nitrogens with one attached hydrogen (secondary N) is 1. The van der Waals surface area contributed by atoms with Crippen LogP contribution in [0.4, 0.5) is 5.82 Å². The lowest BCUT2D eigenvalue weighted by Gasteiger charge is -2.24. The van der Waals surface area contributed by atoms with Crippen LogP contribution in [0.15, 0.2) is 6.07 Å². The standard InChI is InChI=1S/C13H20N4O/c1-2-17(6-7-18)13-10(12(14)15)8-9-4-3-5-11(9)16-13/h8,18H,2-7H2,1H3,(H3,14,15). The molecule has 0 spiro atoms. The number of fused-ring (bicyclic) bond motifs is 1. The summed E-state index contributed by atoms with van der Waals surface area (Å²) in [5, 5.41) is 16.8. The van der Waals surface area contributed by atoms with Crippen molar-refractivity contribution in [1.82, 2.24) is 4.98 Å². The van der Waals surface area contributed by atoms with E-state index in [0.29, 0.717) is 12.1 Å². The third kappa shape index (κ3) is 2.31. The van der Waals surface area contributed by atoms with Crippen LogP contribution >= 0.6 is 0 Å². The number of aromatic nitrogens is 1. The molecule has 5 heteroatoms. The van der Waals surface area contributed by atoms with Crippen molar-refractivity contribution in [1.29, 1.82) is 5.41 Å². The molecule has 98 valence electrons. The van der Waals surface area contributed by atoms with Crippen molar-refractivity contribution in [2.45, 2.75) is 26.2 Å². The van der Waals surface area contributed by atoms with Crippen LogP contribution in [0.3, 0.4) is 0 Å². The number of rotatable bonds is 5. The Kier molecular flexibility index (Phi) is 3.81. The van der Waals surface area contributed by atoms with Crippen LogP contribution in [0.5, 0.6) is 0 Å². The Labute approximate surface area is 107 Å². The highest BCUT2D eigenvalue weighted by molar-refractivity contribution is 5.99. The minimum absolute atomic E-state index is 0.0450. The van der Waals surface area contributed by atoms with Crippen molar-refractivity contribution in [2.24, 2.45) is 5.73 Å². The second kappa shape index (κ2) is 5.35. The predicted octanol–water partition coefficient (Wildman–Crippen LogP) is 0.673. The van der Waals surface area contributed by atoms with Gasteiger partial charge >= 0.3 is 0 Å². The second-order valence-electron chi connectivity index (χ2n) is 4.54. The molecule has 1 heterocycles. The SMILES string of the molecule is CCN(CCO)c1nc2c(cc1C(=N)N)CCC2. The van der Waals surface area contributed by atoms with E-state index in [1.54, 1.807) is 0 Å². The van der Waals surface area contributed by atoms with Crippen LogP contribution in [0.25, 0.3) is 0 Å². The minimum Gasteiger partial charge on any atom is -0.395 e. The molecule has 0 saturated carbocycles. The van der Waals surface area contributed by atoms with E-state index in [1.165, 1.54) is 5.56 Å². The monoisotopic (exact) mass is 248 g/mol. The van der Waals surface area contributed by atoms with Gasteiger partial charge in [0.2, 0.25) is 0 Å². The number of nitrogen functional groups attached to an aromatic ring is 1. The molecule has 0 amide bonds. The molecule has 18 heavy (non-hydrogen) atoms. The van der Waals surface area contributed by atoms with Crippen LogP contribution in [-0.4, -0.2) is 35.6 Å². The Balaban J connectivity index is 2.46. The smallest absolute Gasteiger partial charge is 0.139 e. The maximum Gasteiger partial charge on any atom is 0.139 e. The number of aliphatic hydroxyl groups is 1. The highest BCUT2D eigenvalue weighted by atomic mass is 16.3. The summed E-state index contributed by atoms with van der Waals surface area (Å²) < 4.78 is 0. The summed E-state index contributed by atoms with van der Waals surface area (Å²) in [6.07, 6.45) is 3.14. The minimum atomic E-state index is 0.0450. The summed E-state index contributed by atoms with van der Waals surface area (Å²) in [5.41, 5.74) is 8.67. The van der Waals surface area contributed by atoms with Crippen LogP contribution in [0.2, 0.25) is 0 Å². The summed E-state index contributed by atoms with van der Waals surface area (Å²) in [6.45, 7) is 3.34. The van der Waals surface area contributed by atoms with Gasteiger partial charge in [-0.15, -0.1) is 0 Å². The summed E-state index contributed by atoms with van der Waals surface area (Å²) >= 11 is 0. The fraction of sp³-hybridized carbons (Fsp3) is 0.538. The van der Waals surface area contributed by atoms with Gasteiger partial charge in [-0.2, -0.15) is 0 Å². The third-order valence-electron chi connectivity index (χ3n) is 3.37. The Morgan fingerprint density at radius 2 is 2.33 bits per heavy atom. The molecule has 0 atom stereocenters. The lowest BCUT2D eigenvalue weighted by atomic mass is 10.1. The van der Waals surface area contributed by atoms with E-state index in [2.05, 4.69) is 4.98 Å². The molecule has 0 radical (unpaired) electrons. The van der Waals surface area contributed by atoms with E-state index >= 15 is 0 Å². The van der Waals surface area contributed by atoms with Gasteiger partial charge in [-0.1, -0.05) is 0 Å². The van der Waals surface area contributed by atoms with E-state index in [-0.39, 0.29) is 12.4 Å².